The topological polar surface area (TPSA) is 106 Å². The SMILES string of the molecule is Cc1cc(S(=O)(=O)C2CC3(CCN(C(C)C)CC3)C2)ccc1Nc1ncc2cc(Cl)c(=O)n(C3CCOCC3)c2n1. The number of pyridine rings is 1. The number of sulfone groups is 1. The van der Waals surface area contributed by atoms with E-state index >= 15 is 0 Å². The number of aryl methyl sites for hydroxylation is 1. The molecule has 3 fully saturated rings. The van der Waals surface area contributed by atoms with Gasteiger partial charge in [0.15, 0.2) is 9.84 Å². The van der Waals surface area contributed by atoms with Crippen molar-refractivity contribution in [3.8, 4) is 0 Å². The monoisotopic (exact) mass is 599 g/mol. The Morgan fingerprint density at radius 1 is 1.12 bits per heavy atom. The van der Waals surface area contributed by atoms with E-state index in [0.717, 1.165) is 44.3 Å². The third kappa shape index (κ3) is 5.40. The summed E-state index contributed by atoms with van der Waals surface area (Å²) in [6.07, 6.45) is 6.73. The average molecular weight is 600 g/mol. The highest BCUT2D eigenvalue weighted by Crippen LogP contribution is 2.53. The van der Waals surface area contributed by atoms with Crippen LogP contribution in [0.25, 0.3) is 11.0 Å². The molecule has 0 unspecified atom stereocenters. The summed E-state index contributed by atoms with van der Waals surface area (Å²) < 4.78 is 34.2. The van der Waals surface area contributed by atoms with Gasteiger partial charge >= 0.3 is 0 Å². The largest absolute Gasteiger partial charge is 0.381 e. The quantitative estimate of drug-likeness (QED) is 0.408. The number of anilines is 2. The molecule has 3 aromatic rings. The second kappa shape index (κ2) is 10.9. The van der Waals surface area contributed by atoms with Crippen molar-refractivity contribution in [2.75, 3.05) is 31.6 Å². The fourth-order valence-electron chi connectivity index (χ4n) is 6.74. The predicted molar refractivity (Wildman–Crippen MR) is 161 cm³/mol. The van der Waals surface area contributed by atoms with E-state index in [0.29, 0.717) is 59.7 Å². The zero-order valence-corrected chi connectivity index (χ0v) is 25.5. The summed E-state index contributed by atoms with van der Waals surface area (Å²) in [5.41, 5.74) is 1.92. The van der Waals surface area contributed by atoms with Gasteiger partial charge in [-0.15, -0.1) is 0 Å². The zero-order chi connectivity index (χ0) is 28.9. The molecule has 1 N–H and O–H groups in total. The number of hydrogen-bond acceptors (Lipinski definition) is 8. The molecule has 1 spiro atoms. The molecule has 11 heteroatoms. The Balaban J connectivity index is 1.20. The van der Waals surface area contributed by atoms with E-state index in [2.05, 4.69) is 29.0 Å². The van der Waals surface area contributed by atoms with Crippen molar-refractivity contribution in [2.45, 2.75) is 81.5 Å². The summed E-state index contributed by atoms with van der Waals surface area (Å²) >= 11 is 6.26. The first kappa shape index (κ1) is 28.6. The molecular weight excluding hydrogens is 562 g/mol. The molecule has 0 radical (unpaired) electrons. The lowest BCUT2D eigenvalue weighted by Crippen LogP contribution is -2.52. The lowest BCUT2D eigenvalue weighted by Gasteiger charge is -2.52. The number of ether oxygens (including phenoxy) is 1. The fourth-order valence-corrected chi connectivity index (χ4v) is 9.08. The average Bonchev–Trinajstić information content (AvgIpc) is 2.94. The molecule has 2 aliphatic heterocycles. The van der Waals surface area contributed by atoms with Gasteiger partial charge in [-0.3, -0.25) is 9.36 Å². The highest BCUT2D eigenvalue weighted by molar-refractivity contribution is 7.92. The minimum Gasteiger partial charge on any atom is -0.381 e. The molecular formula is C30H38ClN5O4S. The van der Waals surface area contributed by atoms with E-state index in [1.165, 1.54) is 0 Å². The van der Waals surface area contributed by atoms with E-state index in [1.807, 2.05) is 6.92 Å². The van der Waals surface area contributed by atoms with Crippen LogP contribution < -0.4 is 10.9 Å². The van der Waals surface area contributed by atoms with Crippen LogP contribution in [0.1, 0.15) is 64.0 Å². The van der Waals surface area contributed by atoms with Crippen molar-refractivity contribution < 1.29 is 13.2 Å². The molecule has 4 heterocycles. The lowest BCUT2D eigenvalue weighted by atomic mass is 9.63. The molecule has 1 aromatic carbocycles. The maximum Gasteiger partial charge on any atom is 0.271 e. The number of hydrogen-bond donors (Lipinski definition) is 1. The maximum atomic E-state index is 13.5. The van der Waals surface area contributed by atoms with Gasteiger partial charge in [0.05, 0.1) is 10.1 Å². The van der Waals surface area contributed by atoms with Crippen LogP contribution in [0.5, 0.6) is 0 Å². The van der Waals surface area contributed by atoms with Crippen LogP contribution in [-0.2, 0) is 14.6 Å². The standard InChI is InChI=1S/C30H38ClN5O4S/c1-19(2)35-10-8-30(9-11-35)16-24(17-30)41(38,39)23-4-5-26(20(3)14-23)33-29-32-18-21-15-25(31)28(37)36(27(21)34-29)22-6-12-40-13-7-22/h4-5,14-15,18-19,22,24H,6-13,16-17H2,1-3H3,(H,32,33,34). The number of piperidine rings is 1. The number of fused-ring (bicyclic) bond motifs is 1. The van der Waals surface area contributed by atoms with Gasteiger partial charge in [0.2, 0.25) is 5.95 Å². The summed E-state index contributed by atoms with van der Waals surface area (Å²) in [6, 6.07) is 7.27. The van der Waals surface area contributed by atoms with E-state index in [4.69, 9.17) is 21.3 Å². The van der Waals surface area contributed by atoms with E-state index < -0.39 is 9.84 Å². The Bertz CT molecular complexity index is 1620. The predicted octanol–water partition coefficient (Wildman–Crippen LogP) is 5.28. The molecule has 2 aromatic heterocycles. The molecule has 9 nitrogen and oxygen atoms in total. The molecule has 0 amide bonds. The van der Waals surface area contributed by atoms with Crippen LogP contribution in [0.4, 0.5) is 11.6 Å². The number of benzene rings is 1. The molecule has 3 aliphatic rings. The van der Waals surface area contributed by atoms with Crippen molar-refractivity contribution in [1.82, 2.24) is 19.4 Å². The van der Waals surface area contributed by atoms with Gasteiger partial charge in [0, 0.05) is 42.6 Å². The zero-order valence-electron chi connectivity index (χ0n) is 23.9. The molecule has 1 aliphatic carbocycles. The number of nitrogens with one attached hydrogen (secondary N) is 1. The number of rotatable bonds is 6. The van der Waals surface area contributed by atoms with Crippen molar-refractivity contribution >= 4 is 44.1 Å². The van der Waals surface area contributed by atoms with Crippen LogP contribution in [0.2, 0.25) is 5.02 Å². The number of halogens is 1. The van der Waals surface area contributed by atoms with Gasteiger partial charge in [-0.1, -0.05) is 11.6 Å². The summed E-state index contributed by atoms with van der Waals surface area (Å²) in [4.78, 5) is 25.0. The highest BCUT2D eigenvalue weighted by atomic mass is 35.5. The third-order valence-electron chi connectivity index (χ3n) is 9.41. The van der Waals surface area contributed by atoms with Gasteiger partial charge in [0.1, 0.15) is 10.7 Å². The Morgan fingerprint density at radius 2 is 1.83 bits per heavy atom. The number of nitrogens with zero attached hydrogens (tertiary/aromatic N) is 4. The van der Waals surface area contributed by atoms with Crippen LogP contribution in [0.15, 0.2) is 40.2 Å². The summed E-state index contributed by atoms with van der Waals surface area (Å²) in [7, 11) is -3.41. The first-order valence-corrected chi connectivity index (χ1v) is 16.5. The minimum atomic E-state index is -3.41. The van der Waals surface area contributed by atoms with Gasteiger partial charge < -0.3 is 15.0 Å². The van der Waals surface area contributed by atoms with Crippen LogP contribution in [0.3, 0.4) is 0 Å². The second-order valence-electron chi connectivity index (χ2n) is 12.3. The first-order valence-electron chi connectivity index (χ1n) is 14.6. The van der Waals surface area contributed by atoms with Crippen LogP contribution in [-0.4, -0.2) is 65.4 Å². The van der Waals surface area contributed by atoms with E-state index in [1.54, 1.807) is 35.0 Å². The molecule has 0 atom stereocenters. The van der Waals surface area contributed by atoms with Crippen molar-refractivity contribution in [1.29, 1.82) is 0 Å². The summed E-state index contributed by atoms with van der Waals surface area (Å²) in [5.74, 6) is 0.326. The molecule has 0 bridgehead atoms. The maximum absolute atomic E-state index is 13.5. The fraction of sp³-hybridized carbons (Fsp3) is 0.567. The third-order valence-corrected chi connectivity index (χ3v) is 11.8. The van der Waals surface area contributed by atoms with Gasteiger partial charge in [-0.25, -0.2) is 13.4 Å². The number of aromatic nitrogens is 3. The first-order chi connectivity index (χ1) is 19.6. The molecule has 6 rings (SSSR count). The highest BCUT2D eigenvalue weighted by Gasteiger charge is 2.51. The Labute approximate surface area is 246 Å². The molecule has 2 saturated heterocycles. The molecule has 1 saturated carbocycles. The number of likely N-dealkylation sites (tertiary alicyclic amines) is 1. The molecule has 41 heavy (non-hydrogen) atoms. The van der Waals surface area contributed by atoms with Crippen molar-refractivity contribution in [2.24, 2.45) is 5.41 Å². The van der Waals surface area contributed by atoms with Gasteiger partial charge in [-0.05, 0) is 108 Å². The normalized spacial score (nSPS) is 20.5. The minimum absolute atomic E-state index is 0.0557. The van der Waals surface area contributed by atoms with E-state index in [9.17, 15) is 13.2 Å². The Hall–Kier alpha value is -2.53. The Kier molecular flexibility index (Phi) is 7.63. The Morgan fingerprint density at radius 3 is 2.49 bits per heavy atom. The summed E-state index contributed by atoms with van der Waals surface area (Å²) in [5, 5.41) is 3.73. The van der Waals surface area contributed by atoms with Gasteiger partial charge in [0.25, 0.3) is 5.56 Å². The molecule has 220 valence electrons. The van der Waals surface area contributed by atoms with Gasteiger partial charge in [-0.2, -0.15) is 4.98 Å². The van der Waals surface area contributed by atoms with Crippen molar-refractivity contribution in [3.05, 3.63) is 51.4 Å². The van der Waals surface area contributed by atoms with Crippen molar-refractivity contribution in [3.63, 3.8) is 0 Å². The van der Waals surface area contributed by atoms with Crippen LogP contribution in [0, 0.1) is 12.3 Å². The summed E-state index contributed by atoms with van der Waals surface area (Å²) in [6.45, 7) is 9.59. The second-order valence-corrected chi connectivity index (χ2v) is 14.9. The smallest absolute Gasteiger partial charge is 0.271 e. The lowest BCUT2D eigenvalue weighted by molar-refractivity contribution is 0.0246. The van der Waals surface area contributed by atoms with E-state index in [-0.39, 0.29) is 27.3 Å². The van der Waals surface area contributed by atoms with Crippen LogP contribution >= 0.6 is 11.6 Å².